The topological polar surface area (TPSA) is 67.2 Å². The number of fused-ring (bicyclic) bond motifs is 1. The molecule has 2 amide bonds. The van der Waals surface area contributed by atoms with Gasteiger partial charge in [-0.2, -0.15) is 0 Å². The molecule has 4 rings (SSSR count). The van der Waals surface area contributed by atoms with Crippen molar-refractivity contribution in [3.63, 3.8) is 0 Å². The predicted octanol–water partition coefficient (Wildman–Crippen LogP) is 3.38. The van der Waals surface area contributed by atoms with Crippen molar-refractivity contribution in [1.82, 2.24) is 14.9 Å². The lowest BCUT2D eigenvalue weighted by atomic mass is 10.2. The first-order valence-electron chi connectivity index (χ1n) is 10.1. The van der Waals surface area contributed by atoms with Crippen molar-refractivity contribution >= 4 is 29.3 Å². The maximum atomic E-state index is 12.8. The quantitative estimate of drug-likeness (QED) is 0.448. The average molecular weight is 421 g/mol. The molecule has 3 aromatic rings. The van der Waals surface area contributed by atoms with Crippen LogP contribution in [0.3, 0.4) is 0 Å². The number of aryl methyl sites for hydroxylation is 1. The van der Waals surface area contributed by atoms with Gasteiger partial charge >= 0.3 is 0 Å². The van der Waals surface area contributed by atoms with Gasteiger partial charge in [-0.05, 0) is 36.6 Å². The van der Waals surface area contributed by atoms with Gasteiger partial charge in [0.25, 0.3) is 5.91 Å². The summed E-state index contributed by atoms with van der Waals surface area (Å²) >= 11 is 1.42. The molecule has 0 radical (unpaired) electrons. The molecule has 0 aliphatic carbocycles. The van der Waals surface area contributed by atoms with E-state index in [-0.39, 0.29) is 11.8 Å². The van der Waals surface area contributed by atoms with Gasteiger partial charge in [0.05, 0.1) is 17.6 Å². The molecule has 2 aromatic carbocycles. The van der Waals surface area contributed by atoms with E-state index < -0.39 is 0 Å². The molecule has 0 unspecified atom stereocenters. The molecule has 30 heavy (non-hydrogen) atoms. The van der Waals surface area contributed by atoms with Gasteiger partial charge in [-0.1, -0.05) is 30.3 Å². The molecule has 0 spiro atoms. The Morgan fingerprint density at radius 3 is 2.80 bits per heavy atom. The Hall–Kier alpha value is -3.06. The van der Waals surface area contributed by atoms with Crippen LogP contribution in [0.2, 0.25) is 0 Å². The fourth-order valence-corrected chi connectivity index (χ4v) is 4.50. The molecule has 1 aliphatic rings. The SMILES string of the molecule is O=C(NCCCn1ccnc1)c1ccccc1SCC(=O)N1CCc2ccccc21. The molecule has 0 atom stereocenters. The van der Waals surface area contributed by atoms with Crippen molar-refractivity contribution in [3.05, 3.63) is 78.4 Å². The molecule has 2 heterocycles. The summed E-state index contributed by atoms with van der Waals surface area (Å²) in [6, 6.07) is 15.5. The number of hydrogen-bond acceptors (Lipinski definition) is 4. The van der Waals surface area contributed by atoms with Crippen molar-refractivity contribution in [1.29, 1.82) is 0 Å². The zero-order chi connectivity index (χ0) is 20.8. The van der Waals surface area contributed by atoms with Crippen LogP contribution < -0.4 is 10.2 Å². The largest absolute Gasteiger partial charge is 0.352 e. The number of imidazole rings is 1. The van der Waals surface area contributed by atoms with Gasteiger partial charge in [0, 0.05) is 42.6 Å². The highest BCUT2D eigenvalue weighted by Crippen LogP contribution is 2.29. The van der Waals surface area contributed by atoms with Gasteiger partial charge in [-0.25, -0.2) is 4.98 Å². The molecule has 154 valence electrons. The zero-order valence-electron chi connectivity index (χ0n) is 16.7. The van der Waals surface area contributed by atoms with E-state index in [1.807, 2.05) is 58.1 Å². The number of carbonyl (C=O) groups is 2. The molecular formula is C23H24N4O2S. The summed E-state index contributed by atoms with van der Waals surface area (Å²) in [5.41, 5.74) is 2.83. The van der Waals surface area contributed by atoms with Gasteiger partial charge in [-0.15, -0.1) is 11.8 Å². The lowest BCUT2D eigenvalue weighted by Crippen LogP contribution is -2.30. The number of nitrogens with zero attached hydrogens (tertiary/aromatic N) is 3. The summed E-state index contributed by atoms with van der Waals surface area (Å²) in [6.07, 6.45) is 7.13. The van der Waals surface area contributed by atoms with Crippen LogP contribution in [-0.4, -0.2) is 40.2 Å². The standard InChI is InChI=1S/C23H24N4O2S/c28-22(27-14-10-18-6-1-3-8-20(18)27)16-30-21-9-4-2-7-19(21)23(29)25-11-5-13-26-15-12-24-17-26/h1-4,6-9,12,15,17H,5,10-11,13-14,16H2,(H,25,29). The minimum Gasteiger partial charge on any atom is -0.352 e. The maximum absolute atomic E-state index is 12.8. The van der Waals surface area contributed by atoms with E-state index in [1.54, 1.807) is 12.5 Å². The van der Waals surface area contributed by atoms with E-state index in [4.69, 9.17) is 0 Å². The van der Waals surface area contributed by atoms with Gasteiger partial charge < -0.3 is 14.8 Å². The molecule has 0 fully saturated rings. The number of benzene rings is 2. The van der Waals surface area contributed by atoms with Crippen LogP contribution in [0.15, 0.2) is 72.1 Å². The molecule has 0 saturated heterocycles. The summed E-state index contributed by atoms with van der Waals surface area (Å²) in [7, 11) is 0. The third-order valence-corrected chi connectivity index (χ3v) is 6.17. The summed E-state index contributed by atoms with van der Waals surface area (Å²) in [4.78, 5) is 32.1. The number of rotatable bonds is 8. The second kappa shape index (κ2) is 9.63. The van der Waals surface area contributed by atoms with Gasteiger partial charge in [-0.3, -0.25) is 9.59 Å². The summed E-state index contributed by atoms with van der Waals surface area (Å²) in [6.45, 7) is 2.11. The van der Waals surface area contributed by atoms with Crippen LogP contribution in [0, 0.1) is 0 Å². The minimum absolute atomic E-state index is 0.0699. The van der Waals surface area contributed by atoms with Crippen LogP contribution in [-0.2, 0) is 17.8 Å². The summed E-state index contributed by atoms with van der Waals surface area (Å²) in [5.74, 6) is 0.266. The van der Waals surface area contributed by atoms with Crippen LogP contribution in [0.4, 0.5) is 5.69 Å². The van der Waals surface area contributed by atoms with Crippen molar-refractivity contribution in [2.75, 3.05) is 23.7 Å². The fraction of sp³-hybridized carbons (Fsp3) is 0.261. The lowest BCUT2D eigenvalue weighted by Gasteiger charge is -2.17. The Labute approximate surface area is 180 Å². The molecule has 1 aliphatic heterocycles. The van der Waals surface area contributed by atoms with Crippen LogP contribution in [0.1, 0.15) is 22.3 Å². The highest BCUT2D eigenvalue weighted by molar-refractivity contribution is 8.00. The van der Waals surface area contributed by atoms with Gasteiger partial charge in [0.1, 0.15) is 0 Å². The monoisotopic (exact) mass is 420 g/mol. The van der Waals surface area contributed by atoms with Crippen LogP contribution >= 0.6 is 11.8 Å². The number of amides is 2. The van der Waals surface area contributed by atoms with E-state index >= 15 is 0 Å². The second-order valence-corrected chi connectivity index (χ2v) is 8.14. The van der Waals surface area contributed by atoms with Crippen LogP contribution in [0.5, 0.6) is 0 Å². The van der Waals surface area contributed by atoms with E-state index in [9.17, 15) is 9.59 Å². The second-order valence-electron chi connectivity index (χ2n) is 7.12. The number of aromatic nitrogens is 2. The smallest absolute Gasteiger partial charge is 0.252 e. The highest BCUT2D eigenvalue weighted by atomic mass is 32.2. The number of hydrogen-bond donors (Lipinski definition) is 1. The van der Waals surface area contributed by atoms with E-state index in [0.717, 1.165) is 36.5 Å². The van der Waals surface area contributed by atoms with Gasteiger partial charge in [0.2, 0.25) is 5.91 Å². The molecule has 1 aromatic heterocycles. The summed E-state index contributed by atoms with van der Waals surface area (Å²) in [5, 5.41) is 2.98. The molecule has 0 saturated carbocycles. The zero-order valence-corrected chi connectivity index (χ0v) is 17.5. The summed E-state index contributed by atoms with van der Waals surface area (Å²) < 4.78 is 1.98. The molecule has 7 heteroatoms. The molecular weight excluding hydrogens is 396 g/mol. The lowest BCUT2D eigenvalue weighted by molar-refractivity contribution is -0.116. The Bertz CT molecular complexity index is 1020. The first kappa shape index (κ1) is 20.2. The van der Waals surface area contributed by atoms with Crippen molar-refractivity contribution in [2.24, 2.45) is 0 Å². The Morgan fingerprint density at radius 1 is 1.10 bits per heavy atom. The number of thioether (sulfide) groups is 1. The van der Waals surface area contributed by atoms with Crippen molar-refractivity contribution < 1.29 is 9.59 Å². The first-order chi connectivity index (χ1) is 14.7. The Morgan fingerprint density at radius 2 is 1.93 bits per heavy atom. The number of para-hydroxylation sites is 1. The van der Waals surface area contributed by atoms with Crippen molar-refractivity contribution in [3.8, 4) is 0 Å². The third-order valence-electron chi connectivity index (χ3n) is 5.11. The van der Waals surface area contributed by atoms with E-state index in [2.05, 4.69) is 16.4 Å². The maximum Gasteiger partial charge on any atom is 0.252 e. The molecule has 1 N–H and O–H groups in total. The Balaban J connectivity index is 1.32. The molecule has 0 bridgehead atoms. The first-order valence-corrected chi connectivity index (χ1v) is 11.0. The predicted molar refractivity (Wildman–Crippen MR) is 119 cm³/mol. The minimum atomic E-state index is -0.109. The third kappa shape index (κ3) is 4.74. The average Bonchev–Trinajstić information content (AvgIpc) is 3.45. The Kier molecular flexibility index (Phi) is 6.49. The molecule has 6 nitrogen and oxygen atoms in total. The van der Waals surface area contributed by atoms with E-state index in [0.29, 0.717) is 17.9 Å². The number of anilines is 1. The number of nitrogens with one attached hydrogen (secondary N) is 1. The fourth-order valence-electron chi connectivity index (χ4n) is 3.57. The van der Waals surface area contributed by atoms with Crippen LogP contribution in [0.25, 0.3) is 0 Å². The normalized spacial score (nSPS) is 12.6. The van der Waals surface area contributed by atoms with E-state index in [1.165, 1.54) is 17.3 Å². The van der Waals surface area contributed by atoms with Gasteiger partial charge in [0.15, 0.2) is 0 Å². The number of carbonyl (C=O) groups excluding carboxylic acids is 2. The van der Waals surface area contributed by atoms with Crippen molar-refractivity contribution in [2.45, 2.75) is 24.3 Å². The highest BCUT2D eigenvalue weighted by Gasteiger charge is 2.24.